The number of hydrogen-bond acceptors (Lipinski definition) is 6. The molecule has 0 aliphatic heterocycles. The highest BCUT2D eigenvalue weighted by molar-refractivity contribution is 5.99. The van der Waals surface area contributed by atoms with Crippen LogP contribution >= 0.6 is 0 Å². The lowest BCUT2D eigenvalue weighted by Gasteiger charge is -2.08. The Bertz CT molecular complexity index is 908. The first kappa shape index (κ1) is 22.6. The van der Waals surface area contributed by atoms with Gasteiger partial charge >= 0.3 is 5.97 Å². The molecule has 0 aliphatic rings. The smallest absolute Gasteiger partial charge is 0.325 e. The Hall–Kier alpha value is -3.68. The molecule has 2 aromatic carbocycles. The number of anilines is 1. The minimum atomic E-state index is -0.733. The van der Waals surface area contributed by atoms with E-state index in [1.807, 2.05) is 6.92 Å². The highest BCUT2D eigenvalue weighted by Gasteiger charge is 2.13. The van der Waals surface area contributed by atoms with Gasteiger partial charge in [-0.05, 0) is 48.9 Å². The normalized spacial score (nSPS) is 10.1. The van der Waals surface area contributed by atoms with Crippen LogP contribution in [-0.2, 0) is 14.3 Å². The minimum Gasteiger partial charge on any atom is -0.497 e. The molecule has 0 atom stereocenters. The number of carbonyl (C=O) groups is 4. The van der Waals surface area contributed by atoms with Crippen molar-refractivity contribution < 1.29 is 28.7 Å². The maximum Gasteiger partial charge on any atom is 0.325 e. The molecule has 0 saturated heterocycles. The molecule has 2 aromatic rings. The van der Waals surface area contributed by atoms with E-state index in [2.05, 4.69) is 10.6 Å². The van der Waals surface area contributed by atoms with E-state index in [4.69, 9.17) is 9.47 Å². The average molecular weight is 412 g/mol. The molecule has 0 aliphatic carbocycles. The van der Waals surface area contributed by atoms with Crippen LogP contribution in [-0.4, -0.2) is 43.8 Å². The van der Waals surface area contributed by atoms with Crippen molar-refractivity contribution in [1.82, 2.24) is 5.32 Å². The summed E-state index contributed by atoms with van der Waals surface area (Å²) in [5, 5.41) is 5.15. The van der Waals surface area contributed by atoms with E-state index >= 15 is 0 Å². The van der Waals surface area contributed by atoms with Crippen molar-refractivity contribution in [2.75, 3.05) is 25.6 Å². The van der Waals surface area contributed by atoms with Gasteiger partial charge in [0.25, 0.3) is 5.91 Å². The lowest BCUT2D eigenvalue weighted by atomic mass is 10.1. The summed E-state index contributed by atoms with van der Waals surface area (Å²) in [6.45, 7) is 1.09. The number of amides is 2. The topological polar surface area (TPSA) is 111 Å². The number of nitrogens with one attached hydrogen (secondary N) is 2. The zero-order valence-corrected chi connectivity index (χ0v) is 16.9. The molecule has 8 heteroatoms. The quantitative estimate of drug-likeness (QED) is 0.458. The monoisotopic (exact) mass is 412 g/mol. The van der Waals surface area contributed by atoms with E-state index in [1.165, 1.54) is 7.11 Å². The fraction of sp³-hybridized carbons (Fsp3) is 0.273. The number of hydrogen-bond donors (Lipinski definition) is 2. The highest BCUT2D eigenvalue weighted by atomic mass is 16.5. The molecule has 0 unspecified atom stereocenters. The summed E-state index contributed by atoms with van der Waals surface area (Å²) in [6, 6.07) is 12.8. The van der Waals surface area contributed by atoms with Crippen LogP contribution < -0.4 is 15.4 Å². The molecule has 0 aromatic heterocycles. The zero-order chi connectivity index (χ0) is 21.9. The molecule has 0 spiro atoms. The number of Topliss-reactive ketones (excluding diaryl/α,β-unsaturated/α-hetero) is 1. The molecule has 158 valence electrons. The van der Waals surface area contributed by atoms with Gasteiger partial charge in [0.2, 0.25) is 5.91 Å². The predicted octanol–water partition coefficient (Wildman–Crippen LogP) is 2.59. The zero-order valence-electron chi connectivity index (χ0n) is 16.9. The Morgan fingerprint density at radius 1 is 0.967 bits per heavy atom. The van der Waals surface area contributed by atoms with Crippen molar-refractivity contribution in [3.8, 4) is 5.75 Å². The van der Waals surface area contributed by atoms with Crippen molar-refractivity contribution in [2.24, 2.45) is 0 Å². The van der Waals surface area contributed by atoms with E-state index in [9.17, 15) is 19.2 Å². The van der Waals surface area contributed by atoms with Gasteiger partial charge < -0.3 is 20.1 Å². The molecular weight excluding hydrogens is 388 g/mol. The molecule has 0 fully saturated rings. The van der Waals surface area contributed by atoms with Gasteiger partial charge in [0, 0.05) is 23.2 Å². The summed E-state index contributed by atoms with van der Waals surface area (Å²) < 4.78 is 9.96. The van der Waals surface area contributed by atoms with Crippen LogP contribution in [0, 0.1) is 0 Å². The summed E-state index contributed by atoms with van der Waals surface area (Å²) in [6.07, 6.45) is 1.17. The maximum atomic E-state index is 12.1. The number of carbonyl (C=O) groups excluding carboxylic acids is 4. The van der Waals surface area contributed by atoms with Crippen LogP contribution in [0.5, 0.6) is 5.75 Å². The van der Waals surface area contributed by atoms with Crippen molar-refractivity contribution >= 4 is 29.3 Å². The molecule has 2 amide bonds. The Balaban J connectivity index is 1.77. The molecular formula is C22H24N2O6. The summed E-state index contributed by atoms with van der Waals surface area (Å²) in [5.74, 6) is -1.16. The van der Waals surface area contributed by atoms with E-state index in [1.54, 1.807) is 48.5 Å². The Morgan fingerprint density at radius 3 is 2.37 bits per heavy atom. The van der Waals surface area contributed by atoms with Crippen molar-refractivity contribution in [1.29, 1.82) is 0 Å². The van der Waals surface area contributed by atoms with Gasteiger partial charge in [0.15, 0.2) is 12.4 Å². The number of ketones is 1. The highest BCUT2D eigenvalue weighted by Crippen LogP contribution is 2.13. The summed E-state index contributed by atoms with van der Waals surface area (Å²) in [7, 11) is 1.49. The van der Waals surface area contributed by atoms with Gasteiger partial charge in [-0.25, -0.2) is 0 Å². The number of esters is 1. The van der Waals surface area contributed by atoms with Gasteiger partial charge in [-0.2, -0.15) is 0 Å². The first-order chi connectivity index (χ1) is 14.4. The lowest BCUT2D eigenvalue weighted by molar-refractivity contribution is -0.141. The van der Waals surface area contributed by atoms with Crippen LogP contribution in [0.15, 0.2) is 48.5 Å². The van der Waals surface area contributed by atoms with E-state index < -0.39 is 24.3 Å². The Labute approximate surface area is 174 Å². The van der Waals surface area contributed by atoms with Gasteiger partial charge in [-0.3, -0.25) is 19.2 Å². The molecule has 30 heavy (non-hydrogen) atoms. The summed E-state index contributed by atoms with van der Waals surface area (Å²) in [4.78, 5) is 47.6. The van der Waals surface area contributed by atoms with Gasteiger partial charge in [0.1, 0.15) is 12.3 Å². The molecule has 0 saturated carbocycles. The number of benzene rings is 2. The average Bonchev–Trinajstić information content (AvgIpc) is 2.76. The lowest BCUT2D eigenvalue weighted by Crippen LogP contribution is -2.31. The van der Waals surface area contributed by atoms with Crippen LogP contribution in [0.25, 0.3) is 0 Å². The molecule has 2 rings (SSSR count). The largest absolute Gasteiger partial charge is 0.497 e. The molecule has 2 N–H and O–H groups in total. The maximum absolute atomic E-state index is 12.1. The third-order valence-corrected chi connectivity index (χ3v) is 4.06. The fourth-order valence-corrected chi connectivity index (χ4v) is 2.49. The molecule has 0 radical (unpaired) electrons. The van der Waals surface area contributed by atoms with Crippen LogP contribution in [0.2, 0.25) is 0 Å². The second kappa shape index (κ2) is 11.4. The van der Waals surface area contributed by atoms with Crippen LogP contribution in [0.3, 0.4) is 0 Å². The summed E-state index contributed by atoms with van der Waals surface area (Å²) >= 11 is 0. The SMILES string of the molecule is CCCC(=O)Nc1ccc(C(=O)COC(=O)CNC(=O)c2cccc(OC)c2)cc1. The van der Waals surface area contributed by atoms with Gasteiger partial charge in [0.05, 0.1) is 7.11 Å². The third kappa shape index (κ3) is 7.05. The third-order valence-electron chi connectivity index (χ3n) is 4.06. The molecule has 0 heterocycles. The van der Waals surface area contributed by atoms with Gasteiger partial charge in [-0.15, -0.1) is 0 Å². The van der Waals surface area contributed by atoms with E-state index in [0.29, 0.717) is 29.0 Å². The number of methoxy groups -OCH3 is 1. The first-order valence-corrected chi connectivity index (χ1v) is 9.44. The minimum absolute atomic E-state index is 0.0958. The van der Waals surface area contributed by atoms with Gasteiger partial charge in [-0.1, -0.05) is 13.0 Å². The van der Waals surface area contributed by atoms with E-state index in [-0.39, 0.29) is 12.5 Å². The second-order valence-corrected chi connectivity index (χ2v) is 6.37. The number of rotatable bonds is 10. The fourth-order valence-electron chi connectivity index (χ4n) is 2.49. The summed E-state index contributed by atoms with van der Waals surface area (Å²) in [5.41, 5.74) is 1.27. The Kier molecular flexibility index (Phi) is 8.56. The molecule has 0 bridgehead atoms. The Morgan fingerprint density at radius 2 is 1.70 bits per heavy atom. The van der Waals surface area contributed by atoms with Crippen LogP contribution in [0.1, 0.15) is 40.5 Å². The van der Waals surface area contributed by atoms with Crippen molar-refractivity contribution in [2.45, 2.75) is 19.8 Å². The second-order valence-electron chi connectivity index (χ2n) is 6.37. The number of ether oxygens (including phenoxy) is 2. The first-order valence-electron chi connectivity index (χ1n) is 9.44. The van der Waals surface area contributed by atoms with Crippen molar-refractivity contribution in [3.63, 3.8) is 0 Å². The predicted molar refractivity (Wildman–Crippen MR) is 111 cm³/mol. The molecule has 8 nitrogen and oxygen atoms in total. The standard InChI is InChI=1S/C22H24N2O6/c1-3-5-20(26)24-17-10-8-15(9-11-17)19(25)14-30-21(27)13-23-22(28)16-6-4-7-18(12-16)29-2/h4,6-12H,3,5,13-14H2,1-2H3,(H,23,28)(H,24,26). The van der Waals surface area contributed by atoms with E-state index in [0.717, 1.165) is 6.42 Å². The van der Waals surface area contributed by atoms with Crippen LogP contribution in [0.4, 0.5) is 5.69 Å². The van der Waals surface area contributed by atoms with Crippen molar-refractivity contribution in [3.05, 3.63) is 59.7 Å².